The zero-order valence-corrected chi connectivity index (χ0v) is 17.1. The van der Waals surface area contributed by atoms with E-state index >= 15 is 0 Å². The number of aliphatic hydroxyl groups excluding tert-OH is 1. The molecule has 13 heteroatoms. The third-order valence-electron chi connectivity index (χ3n) is 4.29. The van der Waals surface area contributed by atoms with Crippen LogP contribution in [0.3, 0.4) is 0 Å². The fourth-order valence-corrected chi connectivity index (χ4v) is 2.50. The SMILES string of the molecule is CC(NC(=O)C(CO)NC(=O)C(N)CC(=O)O)C(=O)NC(Cc1ccc(O)cc1)C(=O)O. The van der Waals surface area contributed by atoms with Gasteiger partial charge in [0.15, 0.2) is 0 Å². The van der Waals surface area contributed by atoms with Gasteiger partial charge in [0.1, 0.15) is 23.9 Å². The number of rotatable bonds is 12. The smallest absolute Gasteiger partial charge is 0.326 e. The molecule has 0 aromatic heterocycles. The van der Waals surface area contributed by atoms with Crippen LogP contribution in [0, 0.1) is 0 Å². The van der Waals surface area contributed by atoms with Gasteiger partial charge < -0.3 is 42.1 Å². The number of amides is 3. The summed E-state index contributed by atoms with van der Waals surface area (Å²) in [6.07, 6.45) is -0.777. The standard InChI is InChI=1S/C19H26N4O9/c1-9(21-18(30)14(8-24)23-17(29)12(20)7-15(26)27)16(28)22-13(19(31)32)6-10-2-4-11(25)5-3-10/h2-5,9,12-14,24-25H,6-8,20H2,1H3,(H,21,30)(H,22,28)(H,23,29)(H,26,27)(H,31,32). The van der Waals surface area contributed by atoms with Crippen molar-refractivity contribution in [3.8, 4) is 5.75 Å². The molecule has 0 spiro atoms. The lowest BCUT2D eigenvalue weighted by Crippen LogP contribution is -2.57. The zero-order chi connectivity index (χ0) is 24.4. The highest BCUT2D eigenvalue weighted by Gasteiger charge is 2.28. The number of phenols is 1. The molecule has 1 rings (SSSR count). The van der Waals surface area contributed by atoms with Gasteiger partial charge in [0.05, 0.1) is 19.1 Å². The number of carboxylic acids is 2. The summed E-state index contributed by atoms with van der Waals surface area (Å²) in [6.45, 7) is 0.406. The van der Waals surface area contributed by atoms with Gasteiger partial charge in [-0.2, -0.15) is 0 Å². The van der Waals surface area contributed by atoms with E-state index in [2.05, 4.69) is 16.0 Å². The van der Waals surface area contributed by atoms with E-state index in [1.807, 2.05) is 0 Å². The number of nitrogens with two attached hydrogens (primary N) is 1. The first-order chi connectivity index (χ1) is 14.9. The Balaban J connectivity index is 2.69. The molecule has 9 N–H and O–H groups in total. The van der Waals surface area contributed by atoms with Crippen molar-refractivity contribution in [2.24, 2.45) is 5.73 Å². The molecule has 1 aromatic rings. The lowest BCUT2D eigenvalue weighted by molar-refractivity contribution is -0.142. The van der Waals surface area contributed by atoms with Gasteiger partial charge in [-0.3, -0.25) is 19.2 Å². The summed E-state index contributed by atoms with van der Waals surface area (Å²) in [5, 5.41) is 43.2. The summed E-state index contributed by atoms with van der Waals surface area (Å²) >= 11 is 0. The maximum absolute atomic E-state index is 12.3. The molecule has 4 atom stereocenters. The lowest BCUT2D eigenvalue weighted by atomic mass is 10.1. The van der Waals surface area contributed by atoms with Gasteiger partial charge in [-0.05, 0) is 24.6 Å². The van der Waals surface area contributed by atoms with Crippen molar-refractivity contribution in [3.05, 3.63) is 29.8 Å². The summed E-state index contributed by atoms with van der Waals surface area (Å²) in [7, 11) is 0. The van der Waals surface area contributed by atoms with Crippen LogP contribution in [0.15, 0.2) is 24.3 Å². The molecule has 0 saturated heterocycles. The molecule has 0 bridgehead atoms. The highest BCUT2D eigenvalue weighted by atomic mass is 16.4. The summed E-state index contributed by atoms with van der Waals surface area (Å²) in [4.78, 5) is 58.5. The van der Waals surface area contributed by atoms with Crippen LogP contribution in [0.5, 0.6) is 5.75 Å². The first kappa shape index (κ1) is 26.3. The normalized spacial score (nSPS) is 14.3. The molecular formula is C19H26N4O9. The molecule has 4 unspecified atom stereocenters. The summed E-state index contributed by atoms with van der Waals surface area (Å²) < 4.78 is 0. The van der Waals surface area contributed by atoms with E-state index in [9.17, 15) is 39.3 Å². The first-order valence-corrected chi connectivity index (χ1v) is 9.44. The predicted molar refractivity (Wildman–Crippen MR) is 108 cm³/mol. The Labute approximate surface area is 182 Å². The average molecular weight is 454 g/mol. The first-order valence-electron chi connectivity index (χ1n) is 9.44. The van der Waals surface area contributed by atoms with E-state index in [0.29, 0.717) is 5.56 Å². The molecule has 0 saturated carbocycles. The van der Waals surface area contributed by atoms with Gasteiger partial charge in [-0.25, -0.2) is 4.79 Å². The van der Waals surface area contributed by atoms with E-state index in [0.717, 1.165) is 0 Å². The Morgan fingerprint density at radius 2 is 1.47 bits per heavy atom. The lowest BCUT2D eigenvalue weighted by Gasteiger charge is -2.22. The van der Waals surface area contributed by atoms with Crippen molar-refractivity contribution >= 4 is 29.7 Å². The second-order valence-electron chi connectivity index (χ2n) is 6.95. The summed E-state index contributed by atoms with van der Waals surface area (Å²) in [6, 6.07) is 0.195. The Morgan fingerprint density at radius 1 is 0.906 bits per heavy atom. The molecule has 32 heavy (non-hydrogen) atoms. The molecule has 0 aliphatic carbocycles. The number of carboxylic acid groups (broad SMARTS) is 2. The van der Waals surface area contributed by atoms with E-state index in [-0.39, 0.29) is 12.2 Å². The van der Waals surface area contributed by atoms with Crippen molar-refractivity contribution < 1.29 is 44.4 Å². The van der Waals surface area contributed by atoms with Gasteiger partial charge in [0.25, 0.3) is 0 Å². The Bertz CT molecular complexity index is 844. The number of aliphatic carboxylic acids is 2. The van der Waals surface area contributed by atoms with Crippen molar-refractivity contribution in [2.75, 3.05) is 6.61 Å². The number of carbonyl (C=O) groups excluding carboxylic acids is 3. The second-order valence-corrected chi connectivity index (χ2v) is 6.95. The molecule has 13 nitrogen and oxygen atoms in total. The number of aromatic hydroxyl groups is 1. The Kier molecular flexibility index (Phi) is 10.1. The van der Waals surface area contributed by atoms with E-state index in [4.69, 9.17) is 10.8 Å². The van der Waals surface area contributed by atoms with Crippen LogP contribution in [-0.2, 0) is 30.4 Å². The van der Waals surface area contributed by atoms with E-state index in [1.54, 1.807) is 0 Å². The van der Waals surface area contributed by atoms with Gasteiger partial charge in [0.2, 0.25) is 17.7 Å². The van der Waals surface area contributed by atoms with Crippen molar-refractivity contribution in [2.45, 2.75) is 43.9 Å². The monoisotopic (exact) mass is 454 g/mol. The summed E-state index contributed by atoms with van der Waals surface area (Å²) in [5.74, 6) is -5.44. The van der Waals surface area contributed by atoms with Crippen LogP contribution < -0.4 is 21.7 Å². The number of benzene rings is 1. The van der Waals surface area contributed by atoms with Crippen LogP contribution in [0.2, 0.25) is 0 Å². The fraction of sp³-hybridized carbons (Fsp3) is 0.421. The fourth-order valence-electron chi connectivity index (χ4n) is 2.50. The minimum atomic E-state index is -1.51. The molecule has 3 amide bonds. The van der Waals surface area contributed by atoms with Gasteiger partial charge in [0, 0.05) is 6.42 Å². The molecule has 0 radical (unpaired) electrons. The van der Waals surface area contributed by atoms with Crippen LogP contribution in [-0.4, -0.2) is 80.9 Å². The van der Waals surface area contributed by atoms with Crippen LogP contribution in [0.25, 0.3) is 0 Å². The number of hydrogen-bond donors (Lipinski definition) is 8. The van der Waals surface area contributed by atoms with Crippen molar-refractivity contribution in [3.63, 3.8) is 0 Å². The zero-order valence-electron chi connectivity index (χ0n) is 17.1. The number of hydrogen-bond acceptors (Lipinski definition) is 8. The molecule has 0 heterocycles. The third-order valence-corrected chi connectivity index (χ3v) is 4.29. The number of aliphatic hydroxyl groups is 1. The van der Waals surface area contributed by atoms with E-state index < -0.39 is 66.9 Å². The van der Waals surface area contributed by atoms with E-state index in [1.165, 1.54) is 31.2 Å². The topological polar surface area (TPSA) is 228 Å². The molecule has 0 aliphatic rings. The minimum absolute atomic E-state index is 0.00422. The quantitative estimate of drug-likeness (QED) is 0.163. The molecule has 0 aliphatic heterocycles. The molecule has 176 valence electrons. The average Bonchev–Trinajstić information content (AvgIpc) is 2.71. The minimum Gasteiger partial charge on any atom is -0.508 e. The molecule has 1 aromatic carbocycles. The Morgan fingerprint density at radius 3 is 1.97 bits per heavy atom. The van der Waals surface area contributed by atoms with Crippen molar-refractivity contribution in [1.29, 1.82) is 0 Å². The maximum atomic E-state index is 12.3. The second kappa shape index (κ2) is 12.2. The predicted octanol–water partition coefficient (Wildman–Crippen LogP) is -2.71. The van der Waals surface area contributed by atoms with Crippen LogP contribution in [0.1, 0.15) is 18.9 Å². The number of phenolic OH excluding ortho intramolecular Hbond substituents is 1. The van der Waals surface area contributed by atoms with Crippen LogP contribution in [0.4, 0.5) is 0 Å². The summed E-state index contributed by atoms with van der Waals surface area (Å²) in [5.41, 5.74) is 5.92. The number of carbonyl (C=O) groups is 5. The van der Waals surface area contributed by atoms with Crippen molar-refractivity contribution in [1.82, 2.24) is 16.0 Å². The van der Waals surface area contributed by atoms with Gasteiger partial charge in [-0.1, -0.05) is 12.1 Å². The Hall–Kier alpha value is -3.71. The maximum Gasteiger partial charge on any atom is 0.326 e. The highest BCUT2D eigenvalue weighted by Crippen LogP contribution is 2.11. The molecular weight excluding hydrogens is 428 g/mol. The largest absolute Gasteiger partial charge is 0.508 e. The number of nitrogens with one attached hydrogen (secondary N) is 3. The molecule has 0 fully saturated rings. The van der Waals surface area contributed by atoms with Crippen LogP contribution >= 0.6 is 0 Å². The van der Waals surface area contributed by atoms with Gasteiger partial charge >= 0.3 is 11.9 Å². The van der Waals surface area contributed by atoms with Gasteiger partial charge in [-0.15, -0.1) is 0 Å². The third kappa shape index (κ3) is 8.57. The highest BCUT2D eigenvalue weighted by molar-refractivity contribution is 5.94.